The summed E-state index contributed by atoms with van der Waals surface area (Å²) in [5, 5.41) is 8.78. The van der Waals surface area contributed by atoms with E-state index in [9.17, 15) is 14.4 Å². The first kappa shape index (κ1) is 18.9. The maximum atomic E-state index is 12.6. The fourth-order valence-electron chi connectivity index (χ4n) is 2.58. The quantitative estimate of drug-likeness (QED) is 0.366. The molecule has 0 aliphatic rings. The van der Waals surface area contributed by atoms with Gasteiger partial charge in [0.25, 0.3) is 0 Å². The molecule has 7 nitrogen and oxygen atoms in total. The van der Waals surface area contributed by atoms with Crippen LogP contribution < -0.4 is 4.74 Å². The normalized spacial score (nSPS) is 10.3. The summed E-state index contributed by atoms with van der Waals surface area (Å²) in [4.78, 5) is 42.7. The van der Waals surface area contributed by atoms with Crippen molar-refractivity contribution in [2.24, 2.45) is 0 Å². The van der Waals surface area contributed by atoms with Crippen molar-refractivity contribution in [2.45, 2.75) is 12.8 Å². The number of carbonyl (C=O) groups is 3. The smallest absolute Gasteiger partial charge is 0.372 e. The second kappa shape index (κ2) is 8.68. The fraction of sp³-hybridized carbons (Fsp3) is 0.0952. The number of rotatable bonds is 8. The van der Waals surface area contributed by atoms with Gasteiger partial charge in [0.15, 0.2) is 5.78 Å². The van der Waals surface area contributed by atoms with Gasteiger partial charge in [-0.05, 0) is 35.7 Å². The molecule has 0 saturated carbocycles. The number of carboxylic acid groups (broad SMARTS) is 1. The summed E-state index contributed by atoms with van der Waals surface area (Å²) in [6.07, 6.45) is 2.79. The van der Waals surface area contributed by atoms with Crippen LogP contribution in [0.3, 0.4) is 0 Å². The molecule has 0 spiro atoms. The monoisotopic (exact) mass is 376 g/mol. The van der Waals surface area contributed by atoms with Gasteiger partial charge in [-0.3, -0.25) is 9.59 Å². The van der Waals surface area contributed by atoms with Crippen LogP contribution in [0.1, 0.15) is 27.9 Å². The predicted octanol–water partition coefficient (Wildman–Crippen LogP) is 3.09. The number of Topliss-reactive ketones (excluding diaryl/α,β-unsaturated/α-hetero) is 2. The molecule has 7 heteroatoms. The first-order chi connectivity index (χ1) is 13.5. The zero-order valence-corrected chi connectivity index (χ0v) is 14.7. The molecule has 0 aliphatic heterocycles. The highest BCUT2D eigenvalue weighted by Gasteiger charge is 2.22. The minimum atomic E-state index is -1.65. The van der Waals surface area contributed by atoms with Crippen molar-refractivity contribution in [3.05, 3.63) is 83.7 Å². The fourth-order valence-corrected chi connectivity index (χ4v) is 2.58. The standard InChI is InChI=1S/C21H16N2O5/c24-17(13-18(25)20(26)27)16-12-15(11-14-5-2-1-3-6-14)7-8-19(16)28-21-22-9-4-10-23-21/h1-10,12H,11,13H2,(H,26,27). The molecule has 140 valence electrons. The van der Waals surface area contributed by atoms with Crippen LogP contribution >= 0.6 is 0 Å². The zero-order valence-electron chi connectivity index (χ0n) is 14.7. The third-order valence-electron chi connectivity index (χ3n) is 3.90. The molecular formula is C21H16N2O5. The van der Waals surface area contributed by atoms with Gasteiger partial charge in [0.05, 0.1) is 12.0 Å². The summed E-state index contributed by atoms with van der Waals surface area (Å²) < 4.78 is 5.58. The summed E-state index contributed by atoms with van der Waals surface area (Å²) in [6.45, 7) is 0. The topological polar surface area (TPSA) is 106 Å². The Hall–Kier alpha value is -3.87. The van der Waals surface area contributed by atoms with Gasteiger partial charge in [-0.2, -0.15) is 0 Å². The molecular weight excluding hydrogens is 360 g/mol. The average Bonchev–Trinajstić information content (AvgIpc) is 2.70. The number of nitrogens with zero attached hydrogens (tertiary/aromatic N) is 2. The second-order valence-electron chi connectivity index (χ2n) is 5.95. The van der Waals surface area contributed by atoms with Crippen LogP contribution in [0.4, 0.5) is 0 Å². The van der Waals surface area contributed by atoms with E-state index in [-0.39, 0.29) is 17.3 Å². The SMILES string of the molecule is O=C(O)C(=O)CC(=O)c1cc(Cc2ccccc2)ccc1Oc1ncccn1. The highest BCUT2D eigenvalue weighted by atomic mass is 16.5. The third kappa shape index (κ3) is 4.85. The molecule has 0 amide bonds. The van der Waals surface area contributed by atoms with Crippen LogP contribution in [0.25, 0.3) is 0 Å². The van der Waals surface area contributed by atoms with Crippen molar-refractivity contribution in [3.63, 3.8) is 0 Å². The minimum absolute atomic E-state index is 0.0388. The summed E-state index contributed by atoms with van der Waals surface area (Å²) in [5.41, 5.74) is 1.97. The zero-order chi connectivity index (χ0) is 19.9. The lowest BCUT2D eigenvalue weighted by atomic mass is 9.98. The summed E-state index contributed by atoms with van der Waals surface area (Å²) in [7, 11) is 0. The molecule has 1 aromatic heterocycles. The van der Waals surface area contributed by atoms with Gasteiger partial charge in [0.2, 0.25) is 5.78 Å². The number of carboxylic acids is 1. The van der Waals surface area contributed by atoms with E-state index in [1.165, 1.54) is 12.4 Å². The van der Waals surface area contributed by atoms with E-state index in [1.807, 2.05) is 30.3 Å². The van der Waals surface area contributed by atoms with E-state index in [0.717, 1.165) is 11.1 Å². The van der Waals surface area contributed by atoms with Gasteiger partial charge < -0.3 is 9.84 Å². The maximum Gasteiger partial charge on any atom is 0.372 e. The van der Waals surface area contributed by atoms with Crippen LogP contribution in [0, 0.1) is 0 Å². The summed E-state index contributed by atoms with van der Waals surface area (Å²) in [6, 6.07) is 16.3. The Bertz CT molecular complexity index is 1000. The Balaban J connectivity index is 1.92. The molecule has 3 aromatic rings. The molecule has 0 radical (unpaired) electrons. The van der Waals surface area contributed by atoms with Gasteiger partial charge in [0, 0.05) is 12.4 Å². The molecule has 0 fully saturated rings. The Morgan fingerprint density at radius 1 is 0.893 bits per heavy atom. The van der Waals surface area contributed by atoms with E-state index < -0.39 is 24.0 Å². The Morgan fingerprint density at radius 3 is 2.29 bits per heavy atom. The highest BCUT2D eigenvalue weighted by Crippen LogP contribution is 2.26. The number of benzene rings is 2. The number of aromatic nitrogens is 2. The molecule has 28 heavy (non-hydrogen) atoms. The van der Waals surface area contributed by atoms with Crippen molar-refractivity contribution < 1.29 is 24.2 Å². The average molecular weight is 376 g/mol. The largest absolute Gasteiger partial charge is 0.475 e. The Kier molecular flexibility index (Phi) is 5.86. The number of aliphatic carboxylic acids is 1. The van der Waals surface area contributed by atoms with Crippen molar-refractivity contribution in [1.29, 1.82) is 0 Å². The third-order valence-corrected chi connectivity index (χ3v) is 3.90. The lowest BCUT2D eigenvalue weighted by molar-refractivity contribution is -0.148. The number of ketones is 2. The molecule has 1 heterocycles. The lowest BCUT2D eigenvalue weighted by Crippen LogP contribution is -2.17. The van der Waals surface area contributed by atoms with Crippen molar-refractivity contribution in [2.75, 3.05) is 0 Å². The Labute approximate surface area is 160 Å². The Morgan fingerprint density at radius 2 is 1.61 bits per heavy atom. The van der Waals surface area contributed by atoms with E-state index in [0.29, 0.717) is 6.42 Å². The highest BCUT2D eigenvalue weighted by molar-refractivity contribution is 6.37. The number of hydrogen-bond donors (Lipinski definition) is 1. The second-order valence-corrected chi connectivity index (χ2v) is 5.95. The molecule has 1 N–H and O–H groups in total. The summed E-state index contributed by atoms with van der Waals surface area (Å²) >= 11 is 0. The molecule has 0 atom stereocenters. The van der Waals surface area contributed by atoms with Crippen molar-refractivity contribution in [1.82, 2.24) is 9.97 Å². The van der Waals surface area contributed by atoms with Crippen LogP contribution in [0.5, 0.6) is 11.8 Å². The molecule has 0 unspecified atom stereocenters. The van der Waals surface area contributed by atoms with Gasteiger partial charge in [-0.1, -0.05) is 36.4 Å². The maximum absolute atomic E-state index is 12.6. The van der Waals surface area contributed by atoms with E-state index >= 15 is 0 Å². The molecule has 2 aromatic carbocycles. The molecule has 0 bridgehead atoms. The van der Waals surface area contributed by atoms with Crippen LogP contribution in [0.15, 0.2) is 67.0 Å². The van der Waals surface area contributed by atoms with Crippen LogP contribution in [-0.4, -0.2) is 32.6 Å². The molecule has 3 rings (SSSR count). The number of ether oxygens (including phenoxy) is 1. The van der Waals surface area contributed by atoms with E-state index in [4.69, 9.17) is 9.84 Å². The first-order valence-electron chi connectivity index (χ1n) is 8.44. The van der Waals surface area contributed by atoms with Crippen molar-refractivity contribution in [3.8, 4) is 11.8 Å². The van der Waals surface area contributed by atoms with Crippen molar-refractivity contribution >= 4 is 17.5 Å². The van der Waals surface area contributed by atoms with Gasteiger partial charge >= 0.3 is 12.0 Å². The summed E-state index contributed by atoms with van der Waals surface area (Å²) in [5.74, 6) is -3.32. The van der Waals surface area contributed by atoms with Gasteiger partial charge in [0.1, 0.15) is 5.75 Å². The minimum Gasteiger partial charge on any atom is -0.475 e. The van der Waals surface area contributed by atoms with Gasteiger partial charge in [-0.15, -0.1) is 0 Å². The van der Waals surface area contributed by atoms with E-state index in [2.05, 4.69) is 9.97 Å². The number of carbonyl (C=O) groups excluding carboxylic acids is 2. The predicted molar refractivity (Wildman–Crippen MR) is 99.4 cm³/mol. The van der Waals surface area contributed by atoms with Gasteiger partial charge in [-0.25, -0.2) is 14.8 Å². The molecule has 0 aliphatic carbocycles. The van der Waals surface area contributed by atoms with Crippen LogP contribution in [0.2, 0.25) is 0 Å². The molecule has 0 saturated heterocycles. The van der Waals surface area contributed by atoms with E-state index in [1.54, 1.807) is 24.3 Å². The first-order valence-corrected chi connectivity index (χ1v) is 8.44. The van der Waals surface area contributed by atoms with Crippen LogP contribution in [-0.2, 0) is 16.0 Å². The lowest BCUT2D eigenvalue weighted by Gasteiger charge is -2.11. The number of hydrogen-bond acceptors (Lipinski definition) is 6.